The SMILES string of the molecule is Cn1c(-c2cn(-c3ccc(N)cn3)nc2C(F)(F)F)cnc1C(=O)Nc1ccc(C(=O)NCC2CCN(C(=O)[C@@H]3C[C@@H](O)CN3)CC2)c(Cl)c1. The maximum atomic E-state index is 14.0. The predicted molar refractivity (Wildman–Crippen MR) is 176 cm³/mol. The molecule has 2 fully saturated rings. The number of nitrogens with one attached hydrogen (secondary N) is 3. The number of carbonyl (C=O) groups excluding carboxylic acids is 3. The number of rotatable bonds is 8. The normalized spacial score (nSPS) is 18.3. The van der Waals surface area contributed by atoms with E-state index in [9.17, 15) is 32.7 Å². The van der Waals surface area contributed by atoms with Gasteiger partial charge >= 0.3 is 6.18 Å². The van der Waals surface area contributed by atoms with Gasteiger partial charge < -0.3 is 36.3 Å². The Morgan fingerprint density at radius 1 is 1.10 bits per heavy atom. The lowest BCUT2D eigenvalue weighted by atomic mass is 9.96. The Labute approximate surface area is 288 Å². The van der Waals surface area contributed by atoms with Crippen molar-refractivity contribution in [2.75, 3.05) is 37.2 Å². The smallest absolute Gasteiger partial charge is 0.397 e. The second-order valence-corrected chi connectivity index (χ2v) is 12.7. The number of alkyl halides is 3. The van der Waals surface area contributed by atoms with Crippen LogP contribution >= 0.6 is 11.6 Å². The third kappa shape index (κ3) is 7.44. The highest BCUT2D eigenvalue weighted by Crippen LogP contribution is 2.37. The lowest BCUT2D eigenvalue weighted by Gasteiger charge is -2.33. The van der Waals surface area contributed by atoms with Crippen molar-refractivity contribution in [2.45, 2.75) is 37.6 Å². The fourth-order valence-corrected chi connectivity index (χ4v) is 6.34. The average molecular weight is 715 g/mol. The molecule has 0 radical (unpaired) electrons. The van der Waals surface area contributed by atoms with E-state index in [1.54, 1.807) is 4.90 Å². The van der Waals surface area contributed by atoms with E-state index in [1.165, 1.54) is 48.1 Å². The van der Waals surface area contributed by atoms with Gasteiger partial charge in [-0.2, -0.15) is 18.3 Å². The highest BCUT2D eigenvalue weighted by atomic mass is 35.5. The number of aliphatic hydroxyl groups is 1. The maximum absolute atomic E-state index is 14.0. The first kappa shape index (κ1) is 34.8. The molecule has 4 aromatic rings. The molecule has 14 nitrogen and oxygen atoms in total. The zero-order valence-electron chi connectivity index (χ0n) is 26.7. The minimum absolute atomic E-state index is 0.0119. The largest absolute Gasteiger partial charge is 0.435 e. The average Bonchev–Trinajstić information content (AvgIpc) is 3.82. The number of benzene rings is 1. The van der Waals surface area contributed by atoms with Crippen molar-refractivity contribution in [1.29, 1.82) is 0 Å². The Morgan fingerprint density at radius 3 is 2.50 bits per heavy atom. The Balaban J connectivity index is 1.07. The van der Waals surface area contributed by atoms with Crippen molar-refractivity contribution in [3.05, 3.63) is 71.0 Å². The monoisotopic (exact) mass is 714 g/mol. The van der Waals surface area contributed by atoms with Gasteiger partial charge in [-0.25, -0.2) is 14.6 Å². The van der Waals surface area contributed by atoms with Gasteiger partial charge in [0, 0.05) is 45.1 Å². The van der Waals surface area contributed by atoms with Crippen molar-refractivity contribution in [2.24, 2.45) is 13.0 Å². The number of pyridine rings is 1. The van der Waals surface area contributed by atoms with Gasteiger partial charge in [-0.15, -0.1) is 0 Å². The molecule has 50 heavy (non-hydrogen) atoms. The number of aromatic nitrogens is 5. The first-order valence-corrected chi connectivity index (χ1v) is 16.2. The molecule has 2 saturated heterocycles. The molecule has 2 aliphatic rings. The van der Waals surface area contributed by atoms with Crippen LogP contribution in [0.2, 0.25) is 5.02 Å². The van der Waals surface area contributed by atoms with Gasteiger partial charge in [0.25, 0.3) is 11.8 Å². The summed E-state index contributed by atoms with van der Waals surface area (Å²) in [5, 5.41) is 22.0. The second-order valence-electron chi connectivity index (χ2n) is 12.3. The zero-order valence-corrected chi connectivity index (χ0v) is 27.5. The van der Waals surface area contributed by atoms with E-state index < -0.39 is 29.8 Å². The van der Waals surface area contributed by atoms with Gasteiger partial charge in [-0.3, -0.25) is 14.4 Å². The molecule has 0 spiro atoms. The molecule has 264 valence electrons. The van der Waals surface area contributed by atoms with E-state index in [-0.39, 0.29) is 57.0 Å². The third-order valence-corrected chi connectivity index (χ3v) is 9.12. The highest BCUT2D eigenvalue weighted by molar-refractivity contribution is 6.34. The molecular formula is C32H34ClF3N10O4. The van der Waals surface area contributed by atoms with Crippen LogP contribution in [0.5, 0.6) is 0 Å². The number of β-amino-alcohol motifs (C(OH)–C–C–N with tert-alkyl or cyclic N) is 1. The van der Waals surface area contributed by atoms with Crippen LogP contribution in [0, 0.1) is 5.92 Å². The molecule has 1 aromatic carbocycles. The van der Waals surface area contributed by atoms with Crippen LogP contribution in [0.4, 0.5) is 24.5 Å². The van der Waals surface area contributed by atoms with Gasteiger partial charge in [0.15, 0.2) is 17.3 Å². The Hall–Kier alpha value is -5.00. The van der Waals surface area contributed by atoms with Crippen molar-refractivity contribution in [3.8, 4) is 17.1 Å². The molecule has 5 heterocycles. The van der Waals surface area contributed by atoms with Crippen LogP contribution in [0.1, 0.15) is 45.9 Å². The topological polar surface area (TPSA) is 185 Å². The number of imidazole rings is 1. The summed E-state index contributed by atoms with van der Waals surface area (Å²) in [6, 6.07) is 6.87. The van der Waals surface area contributed by atoms with E-state index in [2.05, 4.69) is 31.0 Å². The summed E-state index contributed by atoms with van der Waals surface area (Å²) in [7, 11) is 1.40. The summed E-state index contributed by atoms with van der Waals surface area (Å²) >= 11 is 6.41. The van der Waals surface area contributed by atoms with Crippen LogP contribution in [-0.2, 0) is 18.0 Å². The number of likely N-dealkylation sites (tertiary alicyclic amines) is 1. The van der Waals surface area contributed by atoms with Crippen molar-refractivity contribution in [3.63, 3.8) is 0 Å². The van der Waals surface area contributed by atoms with Crippen LogP contribution in [-0.4, -0.2) is 90.4 Å². The molecule has 3 amide bonds. The Kier molecular flexibility index (Phi) is 9.82. The predicted octanol–water partition coefficient (Wildman–Crippen LogP) is 2.87. The maximum Gasteiger partial charge on any atom is 0.435 e. The number of halogens is 4. The fraction of sp³-hybridized carbons (Fsp3) is 0.375. The molecule has 2 aliphatic heterocycles. The minimum atomic E-state index is -4.82. The molecule has 0 unspecified atom stereocenters. The molecule has 6 rings (SSSR count). The van der Waals surface area contributed by atoms with Gasteiger partial charge in [-0.1, -0.05) is 11.6 Å². The molecule has 6 N–H and O–H groups in total. The van der Waals surface area contributed by atoms with Gasteiger partial charge in [-0.05, 0) is 55.5 Å². The molecule has 18 heteroatoms. The fourth-order valence-electron chi connectivity index (χ4n) is 6.07. The molecule has 0 bridgehead atoms. The summed E-state index contributed by atoms with van der Waals surface area (Å²) in [5.74, 6) is -1.05. The minimum Gasteiger partial charge on any atom is -0.397 e. The van der Waals surface area contributed by atoms with Gasteiger partial charge in [0.2, 0.25) is 5.91 Å². The molecule has 2 atom stereocenters. The molecular weight excluding hydrogens is 681 g/mol. The van der Waals surface area contributed by atoms with Crippen LogP contribution in [0.3, 0.4) is 0 Å². The number of hydrogen-bond donors (Lipinski definition) is 5. The highest BCUT2D eigenvalue weighted by Gasteiger charge is 2.39. The summed E-state index contributed by atoms with van der Waals surface area (Å²) in [6.07, 6.45) is 0.0976. The van der Waals surface area contributed by atoms with Gasteiger partial charge in [0.05, 0.1) is 52.1 Å². The van der Waals surface area contributed by atoms with Crippen LogP contribution in [0.25, 0.3) is 17.1 Å². The lowest BCUT2D eigenvalue weighted by Crippen LogP contribution is -2.48. The number of nitrogens with two attached hydrogens (primary N) is 1. The van der Waals surface area contributed by atoms with E-state index in [1.807, 2.05) is 0 Å². The lowest BCUT2D eigenvalue weighted by molar-refractivity contribution is -0.141. The summed E-state index contributed by atoms with van der Waals surface area (Å²) in [4.78, 5) is 48.7. The molecule has 0 aliphatic carbocycles. The number of amides is 3. The first-order chi connectivity index (χ1) is 23.8. The summed E-state index contributed by atoms with van der Waals surface area (Å²) in [5.41, 5.74) is 4.87. The quantitative estimate of drug-likeness (QED) is 0.183. The van der Waals surface area contributed by atoms with Crippen molar-refractivity contribution in [1.82, 2.24) is 39.8 Å². The second kappa shape index (κ2) is 14.1. The summed E-state index contributed by atoms with van der Waals surface area (Å²) < 4.78 is 44.2. The van der Waals surface area contributed by atoms with E-state index in [0.29, 0.717) is 51.1 Å². The number of piperidine rings is 1. The standard InChI is InChI=1S/C32H34ClF3N10O4/c1-44-25(22-16-46(43-27(22)32(34,35)36)26-5-2-18(37)13-39-26)15-40-28(44)30(49)42-19-3-4-21(23(33)10-19)29(48)41-12-17-6-8-45(9-7-17)31(50)24-11-20(47)14-38-24/h2-5,10,13,15-17,20,24,38,47H,6-9,11-12,14,37H2,1H3,(H,41,48)(H,42,49)/t20-,24+/m1/s1. The van der Waals surface area contributed by atoms with Gasteiger partial charge in [0.1, 0.15) is 0 Å². The van der Waals surface area contributed by atoms with E-state index in [4.69, 9.17) is 17.3 Å². The van der Waals surface area contributed by atoms with Crippen molar-refractivity contribution >= 4 is 40.7 Å². The Bertz CT molecular complexity index is 1900. The van der Waals surface area contributed by atoms with Crippen molar-refractivity contribution < 1.29 is 32.7 Å². The van der Waals surface area contributed by atoms with E-state index in [0.717, 1.165) is 17.1 Å². The third-order valence-electron chi connectivity index (χ3n) is 8.81. The summed E-state index contributed by atoms with van der Waals surface area (Å²) in [6.45, 7) is 1.93. The number of hydrogen-bond acceptors (Lipinski definition) is 9. The Morgan fingerprint density at radius 2 is 1.86 bits per heavy atom. The zero-order chi connectivity index (χ0) is 35.7. The van der Waals surface area contributed by atoms with Crippen LogP contribution in [0.15, 0.2) is 48.9 Å². The molecule has 0 saturated carbocycles. The number of nitrogens with zero attached hydrogens (tertiary/aromatic N) is 6. The number of anilines is 2. The first-order valence-electron chi connectivity index (χ1n) is 15.8. The number of carbonyl (C=O) groups is 3. The number of aliphatic hydroxyl groups excluding tert-OH is 1. The molecule has 3 aromatic heterocycles. The van der Waals surface area contributed by atoms with E-state index >= 15 is 0 Å². The number of nitrogen functional groups attached to an aromatic ring is 1. The van der Waals surface area contributed by atoms with Crippen LogP contribution < -0.4 is 21.7 Å².